The zero-order valence-electron chi connectivity index (χ0n) is 10.6. The molecule has 0 heterocycles. The summed E-state index contributed by atoms with van der Waals surface area (Å²) in [7, 11) is -3.86. The number of rotatable bonds is 4. The lowest BCUT2D eigenvalue weighted by Gasteiger charge is -2.12. The van der Waals surface area contributed by atoms with Crippen LogP contribution >= 0.6 is 34.8 Å². The minimum absolute atomic E-state index is 0.0135. The molecule has 21 heavy (non-hydrogen) atoms. The van der Waals surface area contributed by atoms with Crippen LogP contribution in [0.15, 0.2) is 41.3 Å². The lowest BCUT2D eigenvalue weighted by Crippen LogP contribution is -2.14. The third-order valence-corrected chi connectivity index (χ3v) is 5.28. The smallest absolute Gasteiger partial charge is 0.263 e. The Labute approximate surface area is 137 Å². The maximum absolute atomic E-state index is 12.4. The van der Waals surface area contributed by atoms with Crippen molar-refractivity contribution in [2.75, 3.05) is 4.72 Å². The van der Waals surface area contributed by atoms with Crippen LogP contribution in [0.5, 0.6) is 0 Å². The number of hydrogen-bond donors (Lipinski definition) is 2. The summed E-state index contributed by atoms with van der Waals surface area (Å²) in [4.78, 5) is -0.0889. The number of anilines is 1. The summed E-state index contributed by atoms with van der Waals surface area (Å²) in [5.41, 5.74) is 6.25. The van der Waals surface area contributed by atoms with Gasteiger partial charge in [-0.3, -0.25) is 4.72 Å². The number of benzene rings is 2. The SMILES string of the molecule is NCc1c(Cl)ccc(S(=O)(=O)Nc2cccc(Cl)c2)c1Cl. The first-order chi connectivity index (χ1) is 9.85. The normalized spacial score (nSPS) is 11.4. The van der Waals surface area contributed by atoms with Crippen molar-refractivity contribution < 1.29 is 8.42 Å². The Balaban J connectivity index is 2.45. The zero-order valence-corrected chi connectivity index (χ0v) is 13.7. The van der Waals surface area contributed by atoms with Crippen molar-refractivity contribution in [1.82, 2.24) is 0 Å². The summed E-state index contributed by atoms with van der Waals surface area (Å²) in [6.07, 6.45) is 0. The van der Waals surface area contributed by atoms with Gasteiger partial charge < -0.3 is 5.73 Å². The molecule has 0 aliphatic heterocycles. The molecule has 0 radical (unpaired) electrons. The van der Waals surface area contributed by atoms with Gasteiger partial charge in [0.1, 0.15) is 4.90 Å². The second-order valence-electron chi connectivity index (χ2n) is 4.16. The van der Waals surface area contributed by atoms with Crippen LogP contribution in [0.2, 0.25) is 15.1 Å². The van der Waals surface area contributed by atoms with E-state index in [-0.39, 0.29) is 16.5 Å². The van der Waals surface area contributed by atoms with Gasteiger partial charge in [-0.2, -0.15) is 0 Å². The molecule has 2 aromatic carbocycles. The fraction of sp³-hybridized carbons (Fsp3) is 0.0769. The maximum Gasteiger partial charge on any atom is 0.263 e. The monoisotopic (exact) mass is 364 g/mol. The van der Waals surface area contributed by atoms with Crippen molar-refractivity contribution in [3.63, 3.8) is 0 Å². The van der Waals surface area contributed by atoms with Gasteiger partial charge >= 0.3 is 0 Å². The highest BCUT2D eigenvalue weighted by Gasteiger charge is 2.21. The van der Waals surface area contributed by atoms with Crippen LogP contribution in [-0.2, 0) is 16.6 Å². The van der Waals surface area contributed by atoms with E-state index in [0.29, 0.717) is 21.3 Å². The van der Waals surface area contributed by atoms with Crippen LogP contribution in [0, 0.1) is 0 Å². The minimum atomic E-state index is -3.86. The van der Waals surface area contributed by atoms with E-state index in [9.17, 15) is 8.42 Å². The molecule has 8 heteroatoms. The average Bonchev–Trinajstić information content (AvgIpc) is 2.38. The van der Waals surface area contributed by atoms with E-state index in [2.05, 4.69) is 4.72 Å². The van der Waals surface area contributed by atoms with Crippen molar-refractivity contribution in [3.8, 4) is 0 Å². The van der Waals surface area contributed by atoms with E-state index in [1.54, 1.807) is 18.2 Å². The molecule has 0 saturated heterocycles. The molecule has 4 nitrogen and oxygen atoms in total. The summed E-state index contributed by atoms with van der Waals surface area (Å²) in [5, 5.41) is 0.754. The van der Waals surface area contributed by atoms with Gasteiger partial charge in [0.05, 0.1) is 10.7 Å². The molecule has 2 rings (SSSR count). The summed E-state index contributed by atoms with van der Waals surface area (Å²) in [5.74, 6) is 0. The van der Waals surface area contributed by atoms with Crippen LogP contribution in [-0.4, -0.2) is 8.42 Å². The third kappa shape index (κ3) is 3.62. The van der Waals surface area contributed by atoms with Crippen LogP contribution in [0.25, 0.3) is 0 Å². The number of sulfonamides is 1. The Bertz CT molecular complexity index is 779. The predicted octanol–water partition coefficient (Wildman–Crippen LogP) is 3.91. The Kier molecular flexibility index (Phi) is 5.01. The van der Waals surface area contributed by atoms with Gasteiger partial charge in [-0.25, -0.2) is 8.42 Å². The van der Waals surface area contributed by atoms with E-state index >= 15 is 0 Å². The van der Waals surface area contributed by atoms with Gasteiger partial charge in [0.15, 0.2) is 0 Å². The largest absolute Gasteiger partial charge is 0.326 e. The highest BCUT2D eigenvalue weighted by Crippen LogP contribution is 2.32. The van der Waals surface area contributed by atoms with Gasteiger partial charge in [0.2, 0.25) is 0 Å². The van der Waals surface area contributed by atoms with Crippen molar-refractivity contribution >= 4 is 50.5 Å². The molecule has 0 amide bonds. The molecule has 0 aromatic heterocycles. The van der Waals surface area contributed by atoms with Crippen LogP contribution in [0.1, 0.15) is 5.56 Å². The van der Waals surface area contributed by atoms with Gasteiger partial charge in [0, 0.05) is 22.2 Å². The molecule has 0 aliphatic rings. The van der Waals surface area contributed by atoms with E-state index in [1.807, 2.05) is 0 Å². The number of hydrogen-bond acceptors (Lipinski definition) is 3. The summed E-state index contributed by atoms with van der Waals surface area (Å²) in [6, 6.07) is 9.12. The Morgan fingerprint density at radius 2 is 1.81 bits per heavy atom. The van der Waals surface area contributed by atoms with Crippen LogP contribution in [0.3, 0.4) is 0 Å². The molecule has 0 atom stereocenters. The highest BCUT2D eigenvalue weighted by molar-refractivity contribution is 7.92. The predicted molar refractivity (Wildman–Crippen MR) is 86.6 cm³/mol. The second-order valence-corrected chi connectivity index (χ2v) is 7.03. The van der Waals surface area contributed by atoms with Gasteiger partial charge in [-0.15, -0.1) is 0 Å². The van der Waals surface area contributed by atoms with E-state index in [4.69, 9.17) is 40.5 Å². The first kappa shape index (κ1) is 16.4. The molecular formula is C13H11Cl3N2O2S. The van der Waals surface area contributed by atoms with Crippen LogP contribution < -0.4 is 10.5 Å². The fourth-order valence-electron chi connectivity index (χ4n) is 1.73. The van der Waals surface area contributed by atoms with Crippen molar-refractivity contribution in [3.05, 3.63) is 57.0 Å². The number of nitrogens with two attached hydrogens (primary N) is 1. The highest BCUT2D eigenvalue weighted by atomic mass is 35.5. The molecule has 0 bridgehead atoms. The number of halogens is 3. The lowest BCUT2D eigenvalue weighted by atomic mass is 10.2. The first-order valence-electron chi connectivity index (χ1n) is 5.80. The van der Waals surface area contributed by atoms with Crippen molar-refractivity contribution in [1.29, 1.82) is 0 Å². The first-order valence-corrected chi connectivity index (χ1v) is 8.42. The van der Waals surface area contributed by atoms with E-state index in [0.717, 1.165) is 0 Å². The van der Waals surface area contributed by atoms with Gasteiger partial charge in [-0.1, -0.05) is 40.9 Å². The molecule has 0 spiro atoms. The Hall–Kier alpha value is -0.980. The molecule has 0 aliphatic carbocycles. The van der Waals surface area contributed by atoms with E-state index < -0.39 is 10.0 Å². The lowest BCUT2D eigenvalue weighted by molar-refractivity contribution is 0.601. The minimum Gasteiger partial charge on any atom is -0.326 e. The molecular weight excluding hydrogens is 355 g/mol. The van der Waals surface area contributed by atoms with Crippen molar-refractivity contribution in [2.24, 2.45) is 5.73 Å². The van der Waals surface area contributed by atoms with Crippen LogP contribution in [0.4, 0.5) is 5.69 Å². The fourth-order valence-corrected chi connectivity index (χ4v) is 3.91. The topological polar surface area (TPSA) is 72.2 Å². The molecule has 3 N–H and O–H groups in total. The third-order valence-electron chi connectivity index (χ3n) is 2.72. The number of nitrogens with one attached hydrogen (secondary N) is 1. The summed E-state index contributed by atoms with van der Waals surface area (Å²) in [6.45, 7) is 0.0399. The second kappa shape index (κ2) is 6.42. The van der Waals surface area contributed by atoms with Crippen molar-refractivity contribution in [2.45, 2.75) is 11.4 Å². The van der Waals surface area contributed by atoms with Gasteiger partial charge in [-0.05, 0) is 30.3 Å². The van der Waals surface area contributed by atoms with Gasteiger partial charge in [0.25, 0.3) is 10.0 Å². The van der Waals surface area contributed by atoms with E-state index in [1.165, 1.54) is 18.2 Å². The molecule has 0 unspecified atom stereocenters. The quantitative estimate of drug-likeness (QED) is 0.863. The maximum atomic E-state index is 12.4. The average molecular weight is 366 g/mol. The molecule has 112 valence electrons. The zero-order chi connectivity index (χ0) is 15.6. The standard InChI is InChI=1S/C13H11Cl3N2O2S/c14-8-2-1-3-9(6-8)18-21(19,20)12-5-4-11(15)10(7-17)13(12)16/h1-6,18H,7,17H2. The molecule has 0 fully saturated rings. The molecule has 0 saturated carbocycles. The Morgan fingerprint density at radius 3 is 2.43 bits per heavy atom. The summed E-state index contributed by atoms with van der Waals surface area (Å²) < 4.78 is 27.2. The summed E-state index contributed by atoms with van der Waals surface area (Å²) >= 11 is 17.8. The molecule has 2 aromatic rings. The Morgan fingerprint density at radius 1 is 1.10 bits per heavy atom.